The molecule has 0 radical (unpaired) electrons. The number of halogens is 1. The molecule has 0 unspecified atom stereocenters. The second-order valence-corrected chi connectivity index (χ2v) is 5.78. The normalized spacial score (nSPS) is 10.7. The molecule has 0 aliphatic heterocycles. The number of hydrogen-bond donors (Lipinski definition) is 1. The molecule has 4 nitrogen and oxygen atoms in total. The van der Waals surface area contributed by atoms with Crippen LogP contribution in [0.15, 0.2) is 28.7 Å². The summed E-state index contributed by atoms with van der Waals surface area (Å²) in [4.78, 5) is 8.57. The van der Waals surface area contributed by atoms with Crippen LogP contribution < -0.4 is 10.1 Å². The van der Waals surface area contributed by atoms with E-state index >= 15 is 0 Å². The molecule has 2 rings (SSSR count). The van der Waals surface area contributed by atoms with Crippen molar-refractivity contribution in [3.05, 3.63) is 40.0 Å². The predicted molar refractivity (Wildman–Crippen MR) is 84.6 cm³/mol. The molecular weight excluding hydrogens is 318 g/mol. The van der Waals surface area contributed by atoms with Crippen LogP contribution in [-0.4, -0.2) is 17.0 Å². The third kappa shape index (κ3) is 3.48. The molecule has 0 saturated carbocycles. The molecule has 0 atom stereocenters. The lowest BCUT2D eigenvalue weighted by Crippen LogP contribution is -2.01. The number of aromatic nitrogens is 2. The van der Waals surface area contributed by atoms with Crippen LogP contribution in [0.2, 0.25) is 0 Å². The largest absolute Gasteiger partial charge is 0.439 e. The summed E-state index contributed by atoms with van der Waals surface area (Å²) in [5.41, 5.74) is 2.00. The highest BCUT2D eigenvalue weighted by molar-refractivity contribution is 9.10. The molecule has 0 aliphatic rings. The number of ether oxygens (including phenoxy) is 1. The highest BCUT2D eigenvalue weighted by Gasteiger charge is 2.11. The summed E-state index contributed by atoms with van der Waals surface area (Å²) in [5, 5.41) is 2.93. The van der Waals surface area contributed by atoms with Gasteiger partial charge in [0.15, 0.2) is 0 Å². The summed E-state index contributed by atoms with van der Waals surface area (Å²) in [7, 11) is 1.79. The van der Waals surface area contributed by atoms with Gasteiger partial charge in [0, 0.05) is 23.3 Å². The van der Waals surface area contributed by atoms with Crippen molar-refractivity contribution in [3.63, 3.8) is 0 Å². The Hall–Kier alpha value is -1.62. The Kier molecular flexibility index (Phi) is 4.60. The van der Waals surface area contributed by atoms with E-state index in [4.69, 9.17) is 4.74 Å². The third-order valence-electron chi connectivity index (χ3n) is 2.86. The van der Waals surface area contributed by atoms with Crippen molar-refractivity contribution in [2.24, 2.45) is 0 Å². The van der Waals surface area contributed by atoms with E-state index in [1.165, 1.54) is 0 Å². The maximum Gasteiger partial charge on any atom is 0.225 e. The van der Waals surface area contributed by atoms with Crippen LogP contribution in [0.5, 0.6) is 11.6 Å². The van der Waals surface area contributed by atoms with Gasteiger partial charge in [-0.3, -0.25) is 0 Å². The zero-order valence-electron chi connectivity index (χ0n) is 12.1. The second kappa shape index (κ2) is 6.22. The van der Waals surface area contributed by atoms with Gasteiger partial charge in [0.25, 0.3) is 0 Å². The van der Waals surface area contributed by atoms with Crippen LogP contribution in [0.1, 0.15) is 31.0 Å². The predicted octanol–water partition coefficient (Wildman–Crippen LogP) is 4.50. The van der Waals surface area contributed by atoms with Crippen molar-refractivity contribution in [3.8, 4) is 11.6 Å². The van der Waals surface area contributed by atoms with Gasteiger partial charge < -0.3 is 10.1 Å². The first kappa shape index (κ1) is 14.8. The lowest BCUT2D eigenvalue weighted by molar-refractivity contribution is 0.453. The average molecular weight is 336 g/mol. The number of hydrogen-bond acceptors (Lipinski definition) is 4. The number of rotatable bonds is 4. The topological polar surface area (TPSA) is 47.0 Å². The smallest absolute Gasteiger partial charge is 0.225 e. The van der Waals surface area contributed by atoms with E-state index in [9.17, 15) is 0 Å². The summed E-state index contributed by atoms with van der Waals surface area (Å²) in [6.45, 7) is 6.19. The molecule has 0 aliphatic carbocycles. The molecule has 1 N–H and O–H groups in total. The molecule has 0 amide bonds. The Bertz CT molecular complexity index is 614. The van der Waals surface area contributed by atoms with Crippen molar-refractivity contribution in [2.45, 2.75) is 26.7 Å². The summed E-state index contributed by atoms with van der Waals surface area (Å²) in [6, 6.07) is 7.82. The number of benzene rings is 1. The fourth-order valence-corrected chi connectivity index (χ4v) is 2.26. The van der Waals surface area contributed by atoms with Crippen molar-refractivity contribution in [2.75, 3.05) is 12.4 Å². The maximum atomic E-state index is 5.94. The molecule has 0 spiro atoms. The quantitative estimate of drug-likeness (QED) is 0.893. The molecule has 1 aromatic heterocycles. The first-order valence-corrected chi connectivity index (χ1v) is 7.29. The van der Waals surface area contributed by atoms with Crippen LogP contribution in [0.25, 0.3) is 0 Å². The van der Waals surface area contributed by atoms with Crippen LogP contribution in [-0.2, 0) is 0 Å². The molecule has 20 heavy (non-hydrogen) atoms. The third-order valence-corrected chi connectivity index (χ3v) is 3.36. The Labute approximate surface area is 127 Å². The first-order chi connectivity index (χ1) is 9.49. The Morgan fingerprint density at radius 2 is 1.95 bits per heavy atom. The number of anilines is 1. The molecule has 1 heterocycles. The minimum absolute atomic E-state index is 0.370. The Morgan fingerprint density at radius 1 is 1.20 bits per heavy atom. The molecule has 2 aromatic rings. The summed E-state index contributed by atoms with van der Waals surface area (Å²) < 4.78 is 6.98. The minimum Gasteiger partial charge on any atom is -0.439 e. The van der Waals surface area contributed by atoms with Crippen LogP contribution in [0.4, 0.5) is 5.95 Å². The van der Waals surface area contributed by atoms with E-state index in [1.54, 1.807) is 7.05 Å². The van der Waals surface area contributed by atoms with Crippen molar-refractivity contribution >= 4 is 21.9 Å². The van der Waals surface area contributed by atoms with Crippen molar-refractivity contribution in [1.82, 2.24) is 9.97 Å². The van der Waals surface area contributed by atoms with Gasteiger partial charge >= 0.3 is 0 Å². The van der Waals surface area contributed by atoms with Gasteiger partial charge in [-0.1, -0.05) is 29.8 Å². The van der Waals surface area contributed by atoms with Gasteiger partial charge in [0.1, 0.15) is 5.75 Å². The fourth-order valence-electron chi connectivity index (χ4n) is 1.88. The van der Waals surface area contributed by atoms with E-state index < -0.39 is 0 Å². The van der Waals surface area contributed by atoms with Gasteiger partial charge in [-0.2, -0.15) is 4.98 Å². The Balaban J connectivity index is 2.37. The van der Waals surface area contributed by atoms with Gasteiger partial charge in [0.2, 0.25) is 11.8 Å². The van der Waals surface area contributed by atoms with Crippen LogP contribution >= 0.6 is 15.9 Å². The monoisotopic (exact) mass is 335 g/mol. The lowest BCUT2D eigenvalue weighted by Gasteiger charge is -2.14. The van der Waals surface area contributed by atoms with E-state index in [1.807, 2.05) is 25.1 Å². The fraction of sp³-hybridized carbons (Fsp3) is 0.333. The highest BCUT2D eigenvalue weighted by atomic mass is 79.9. The molecule has 0 fully saturated rings. The zero-order valence-corrected chi connectivity index (χ0v) is 13.7. The maximum absolute atomic E-state index is 5.94. The number of aryl methyl sites for hydroxylation is 1. The Morgan fingerprint density at radius 3 is 2.60 bits per heavy atom. The van der Waals surface area contributed by atoms with Gasteiger partial charge in [-0.25, -0.2) is 4.98 Å². The molecule has 5 heteroatoms. The number of nitrogens with zero attached hydrogens (tertiary/aromatic N) is 2. The van der Waals surface area contributed by atoms with Gasteiger partial charge in [-0.05, 0) is 36.6 Å². The minimum atomic E-state index is 0.370. The molecule has 106 valence electrons. The van der Waals surface area contributed by atoms with Crippen LogP contribution in [0, 0.1) is 6.92 Å². The molecule has 0 saturated heterocycles. The van der Waals surface area contributed by atoms with Crippen LogP contribution in [0.3, 0.4) is 0 Å². The zero-order chi connectivity index (χ0) is 14.7. The molecule has 0 bridgehead atoms. The average Bonchev–Trinajstić information content (AvgIpc) is 2.40. The van der Waals surface area contributed by atoms with E-state index in [0.29, 0.717) is 17.7 Å². The van der Waals surface area contributed by atoms with Crippen molar-refractivity contribution < 1.29 is 4.74 Å². The SMILES string of the molecule is CNc1nc(C)cc(Oc2ccc(Br)cc2C(C)C)n1. The van der Waals surface area contributed by atoms with E-state index in [0.717, 1.165) is 21.5 Å². The summed E-state index contributed by atoms with van der Waals surface area (Å²) in [6.07, 6.45) is 0. The van der Waals surface area contributed by atoms with Gasteiger partial charge in [-0.15, -0.1) is 0 Å². The van der Waals surface area contributed by atoms with Crippen molar-refractivity contribution in [1.29, 1.82) is 0 Å². The van der Waals surface area contributed by atoms with E-state index in [-0.39, 0.29) is 0 Å². The number of nitrogens with one attached hydrogen (secondary N) is 1. The highest BCUT2D eigenvalue weighted by Crippen LogP contribution is 2.32. The standard InChI is InChI=1S/C15H18BrN3O/c1-9(2)12-8-11(16)5-6-13(12)20-14-7-10(3)18-15(17-4)19-14/h5-9H,1-4H3,(H,17,18,19). The second-order valence-electron chi connectivity index (χ2n) is 4.86. The molecular formula is C15H18BrN3O. The molecule has 1 aromatic carbocycles. The van der Waals surface area contributed by atoms with Gasteiger partial charge in [0.05, 0.1) is 0 Å². The summed E-state index contributed by atoms with van der Waals surface area (Å²) >= 11 is 3.49. The lowest BCUT2D eigenvalue weighted by atomic mass is 10.0. The first-order valence-electron chi connectivity index (χ1n) is 6.50. The van der Waals surface area contributed by atoms with E-state index in [2.05, 4.69) is 51.1 Å². The summed E-state index contributed by atoms with van der Waals surface area (Å²) in [5.74, 6) is 2.30.